The zero-order chi connectivity index (χ0) is 22.3. The lowest BCUT2D eigenvalue weighted by atomic mass is 9.97. The van der Waals surface area contributed by atoms with Gasteiger partial charge in [0, 0.05) is 52.6 Å². The zero-order valence-corrected chi connectivity index (χ0v) is 22.2. The molecule has 180 valence electrons. The molecular formula is C24H39IN4O3. The number of ether oxygens (including phenoxy) is 2. The first-order valence-corrected chi connectivity index (χ1v) is 11.5. The van der Waals surface area contributed by atoms with Crippen molar-refractivity contribution in [2.45, 2.75) is 58.2 Å². The number of benzene rings is 1. The number of rotatable bonds is 4. The van der Waals surface area contributed by atoms with E-state index in [2.05, 4.69) is 15.2 Å². The third kappa shape index (κ3) is 8.33. The Bertz CT molecular complexity index is 723. The smallest absolute Gasteiger partial charge is 0.410 e. The van der Waals surface area contributed by atoms with Crippen LogP contribution in [0.15, 0.2) is 35.3 Å². The Labute approximate surface area is 209 Å². The van der Waals surface area contributed by atoms with Crippen LogP contribution in [0.3, 0.4) is 0 Å². The molecule has 8 heteroatoms. The number of nitrogens with zero attached hydrogens (tertiary/aromatic N) is 3. The van der Waals surface area contributed by atoms with Gasteiger partial charge in [-0.05, 0) is 51.7 Å². The third-order valence-electron chi connectivity index (χ3n) is 5.81. The van der Waals surface area contributed by atoms with Crippen molar-refractivity contribution in [3.63, 3.8) is 0 Å². The van der Waals surface area contributed by atoms with Crippen molar-refractivity contribution in [3.8, 4) is 5.75 Å². The molecule has 0 spiro atoms. The van der Waals surface area contributed by atoms with Gasteiger partial charge in [0.05, 0.1) is 0 Å². The number of guanidine groups is 1. The Hall–Kier alpha value is -1.71. The maximum Gasteiger partial charge on any atom is 0.410 e. The molecule has 0 aromatic heterocycles. The van der Waals surface area contributed by atoms with Crippen molar-refractivity contribution in [1.29, 1.82) is 0 Å². The minimum absolute atomic E-state index is 0. The summed E-state index contributed by atoms with van der Waals surface area (Å²) < 4.78 is 11.6. The predicted octanol–water partition coefficient (Wildman–Crippen LogP) is 4.37. The van der Waals surface area contributed by atoms with Crippen LogP contribution in [0.2, 0.25) is 0 Å². The highest BCUT2D eigenvalue weighted by atomic mass is 127. The van der Waals surface area contributed by atoms with Crippen LogP contribution < -0.4 is 10.1 Å². The largest absolute Gasteiger partial charge is 0.490 e. The number of amides is 1. The molecule has 1 aromatic carbocycles. The first-order valence-electron chi connectivity index (χ1n) is 11.5. The molecule has 2 aliphatic heterocycles. The molecule has 1 amide bonds. The minimum Gasteiger partial charge on any atom is -0.490 e. The first kappa shape index (κ1) is 26.5. The van der Waals surface area contributed by atoms with E-state index >= 15 is 0 Å². The predicted molar refractivity (Wildman–Crippen MR) is 139 cm³/mol. The number of hydrogen-bond acceptors (Lipinski definition) is 4. The molecule has 7 nitrogen and oxygen atoms in total. The van der Waals surface area contributed by atoms with Gasteiger partial charge >= 0.3 is 6.09 Å². The number of aliphatic imine (C=N–C) groups is 1. The van der Waals surface area contributed by atoms with Crippen LogP contribution in [0, 0.1) is 5.92 Å². The fraction of sp³-hybridized carbons (Fsp3) is 0.667. The van der Waals surface area contributed by atoms with Gasteiger partial charge in [-0.3, -0.25) is 4.99 Å². The van der Waals surface area contributed by atoms with E-state index in [1.165, 1.54) is 0 Å². The quantitative estimate of drug-likeness (QED) is 0.338. The second-order valence-electron chi connectivity index (χ2n) is 9.46. The van der Waals surface area contributed by atoms with Crippen LogP contribution in [0.4, 0.5) is 4.79 Å². The van der Waals surface area contributed by atoms with E-state index in [9.17, 15) is 4.79 Å². The summed E-state index contributed by atoms with van der Waals surface area (Å²) in [4.78, 5) is 20.9. The molecule has 1 N–H and O–H groups in total. The van der Waals surface area contributed by atoms with Crippen LogP contribution in [-0.2, 0) is 4.74 Å². The number of nitrogens with one attached hydrogen (secondary N) is 1. The molecule has 0 aliphatic carbocycles. The summed E-state index contributed by atoms with van der Waals surface area (Å²) in [6.07, 6.45) is 4.00. The summed E-state index contributed by atoms with van der Waals surface area (Å²) in [6.45, 7) is 9.99. The molecule has 0 bridgehead atoms. The van der Waals surface area contributed by atoms with Gasteiger partial charge in [0.15, 0.2) is 5.96 Å². The van der Waals surface area contributed by atoms with Gasteiger partial charge in [0.2, 0.25) is 0 Å². The molecule has 2 heterocycles. The molecule has 2 fully saturated rings. The van der Waals surface area contributed by atoms with Crippen molar-refractivity contribution in [1.82, 2.24) is 15.1 Å². The van der Waals surface area contributed by atoms with Crippen molar-refractivity contribution in [2.75, 3.05) is 39.8 Å². The van der Waals surface area contributed by atoms with Gasteiger partial charge in [0.25, 0.3) is 0 Å². The molecule has 3 rings (SSSR count). The molecule has 0 atom stereocenters. The van der Waals surface area contributed by atoms with Gasteiger partial charge in [-0.2, -0.15) is 0 Å². The maximum atomic E-state index is 12.2. The maximum absolute atomic E-state index is 12.2. The molecule has 2 saturated heterocycles. The van der Waals surface area contributed by atoms with Crippen LogP contribution in [-0.4, -0.2) is 73.3 Å². The Morgan fingerprint density at radius 1 is 1.03 bits per heavy atom. The van der Waals surface area contributed by atoms with E-state index in [1.54, 1.807) is 0 Å². The Morgan fingerprint density at radius 2 is 1.62 bits per heavy atom. The second kappa shape index (κ2) is 12.5. The van der Waals surface area contributed by atoms with Crippen LogP contribution in [0.25, 0.3) is 0 Å². The second-order valence-corrected chi connectivity index (χ2v) is 9.46. The Kier molecular flexibility index (Phi) is 10.4. The van der Waals surface area contributed by atoms with Gasteiger partial charge in [-0.1, -0.05) is 18.2 Å². The lowest BCUT2D eigenvalue weighted by molar-refractivity contribution is 0.0185. The molecule has 0 saturated carbocycles. The number of carbonyl (C=O) groups is 1. The highest BCUT2D eigenvalue weighted by molar-refractivity contribution is 14.0. The molecule has 1 aromatic rings. The number of piperidine rings is 2. The van der Waals surface area contributed by atoms with E-state index in [4.69, 9.17) is 9.47 Å². The summed E-state index contributed by atoms with van der Waals surface area (Å²) in [5.41, 5.74) is -0.443. The summed E-state index contributed by atoms with van der Waals surface area (Å²) in [6, 6.07) is 10.1. The van der Waals surface area contributed by atoms with E-state index < -0.39 is 5.60 Å². The average Bonchev–Trinajstić information content (AvgIpc) is 2.75. The van der Waals surface area contributed by atoms with Crippen molar-refractivity contribution in [3.05, 3.63) is 30.3 Å². The van der Waals surface area contributed by atoms with E-state index in [0.717, 1.165) is 70.1 Å². The van der Waals surface area contributed by atoms with Gasteiger partial charge < -0.3 is 24.6 Å². The summed E-state index contributed by atoms with van der Waals surface area (Å²) in [5, 5.41) is 3.56. The fourth-order valence-electron chi connectivity index (χ4n) is 4.09. The number of halogens is 1. The van der Waals surface area contributed by atoms with Crippen molar-refractivity contribution >= 4 is 36.0 Å². The van der Waals surface area contributed by atoms with Crippen LogP contribution >= 0.6 is 24.0 Å². The zero-order valence-electron chi connectivity index (χ0n) is 19.9. The molecular weight excluding hydrogens is 519 g/mol. The summed E-state index contributed by atoms with van der Waals surface area (Å²) in [7, 11) is 1.85. The monoisotopic (exact) mass is 558 g/mol. The fourth-order valence-corrected chi connectivity index (χ4v) is 4.09. The summed E-state index contributed by atoms with van der Waals surface area (Å²) in [5.74, 6) is 2.45. The van der Waals surface area contributed by atoms with E-state index in [-0.39, 0.29) is 36.2 Å². The minimum atomic E-state index is -0.443. The van der Waals surface area contributed by atoms with Crippen LogP contribution in [0.5, 0.6) is 5.75 Å². The van der Waals surface area contributed by atoms with Crippen molar-refractivity contribution in [2.24, 2.45) is 10.9 Å². The standard InChI is InChI=1S/C24H38N4O3.HI/c1-24(2,3)31-23(29)28-14-10-19(11-15-28)18-26-22(25-4)27-16-12-21(13-17-27)30-20-8-6-5-7-9-20;/h5-9,19,21H,10-18H2,1-4H3,(H,25,26);1H. The Morgan fingerprint density at radius 3 is 2.19 bits per heavy atom. The Balaban J connectivity index is 0.00000363. The molecule has 0 unspecified atom stereocenters. The average molecular weight is 559 g/mol. The highest BCUT2D eigenvalue weighted by Gasteiger charge is 2.28. The normalized spacial score (nSPS) is 18.7. The lowest BCUT2D eigenvalue weighted by Crippen LogP contribution is -2.49. The number of para-hydroxylation sites is 1. The summed E-state index contributed by atoms with van der Waals surface area (Å²) >= 11 is 0. The van der Waals surface area contributed by atoms with Gasteiger partial charge in [0.1, 0.15) is 17.5 Å². The van der Waals surface area contributed by atoms with Gasteiger partial charge in [-0.15, -0.1) is 24.0 Å². The molecule has 2 aliphatic rings. The third-order valence-corrected chi connectivity index (χ3v) is 5.81. The van der Waals surface area contributed by atoms with Gasteiger partial charge in [-0.25, -0.2) is 4.79 Å². The van der Waals surface area contributed by atoms with E-state index in [0.29, 0.717) is 5.92 Å². The lowest BCUT2D eigenvalue weighted by Gasteiger charge is -2.36. The van der Waals surface area contributed by atoms with Crippen LogP contribution in [0.1, 0.15) is 46.5 Å². The number of hydrogen-bond donors (Lipinski definition) is 1. The van der Waals surface area contributed by atoms with Crippen molar-refractivity contribution < 1.29 is 14.3 Å². The molecule has 0 radical (unpaired) electrons. The topological polar surface area (TPSA) is 66.4 Å². The SMILES string of the molecule is CN=C(NCC1CCN(C(=O)OC(C)(C)C)CC1)N1CCC(Oc2ccccc2)CC1.I. The number of carbonyl (C=O) groups excluding carboxylic acids is 1. The first-order chi connectivity index (χ1) is 14.8. The molecule has 32 heavy (non-hydrogen) atoms. The number of likely N-dealkylation sites (tertiary alicyclic amines) is 2. The highest BCUT2D eigenvalue weighted by Crippen LogP contribution is 2.21. The van der Waals surface area contributed by atoms with E-state index in [1.807, 2.05) is 63.1 Å².